The molecule has 0 bridgehead atoms. The maximum absolute atomic E-state index is 13.6. The van der Waals surface area contributed by atoms with Gasteiger partial charge in [-0.25, -0.2) is 0 Å². The fraction of sp³-hybridized carbons (Fsp3) is 0.259. The summed E-state index contributed by atoms with van der Waals surface area (Å²) in [6.07, 6.45) is 0. The molecule has 0 aliphatic heterocycles. The van der Waals surface area contributed by atoms with E-state index in [9.17, 15) is 19.8 Å². The standard InChI is InChI=1S/C27H26Br2N4O5S2/c1-13-6-8-14(9-7-13)12-38-21-16(28)10-15(11-17(21)29)18(19-22(34)30(2)26(39)31(3)23(19)35)20-24(36)32(4)27(40)33(5)25(20)37/h6-11,18,34,36H,12H2,1-5H3. The molecule has 2 heterocycles. The summed E-state index contributed by atoms with van der Waals surface area (Å²) < 4.78 is 12.2. The van der Waals surface area contributed by atoms with Crippen LogP contribution in [-0.2, 0) is 34.8 Å². The topological polar surface area (TPSA) is 104 Å². The fourth-order valence-electron chi connectivity index (χ4n) is 4.43. The van der Waals surface area contributed by atoms with Gasteiger partial charge in [-0.3, -0.25) is 27.9 Å². The molecule has 2 aromatic heterocycles. The van der Waals surface area contributed by atoms with E-state index in [0.29, 0.717) is 26.9 Å². The summed E-state index contributed by atoms with van der Waals surface area (Å²) in [5.41, 5.74) is 0.996. The van der Waals surface area contributed by atoms with Gasteiger partial charge in [-0.05, 0) is 86.5 Å². The number of aryl methyl sites for hydroxylation is 1. The number of aromatic hydroxyl groups is 2. The molecule has 0 amide bonds. The minimum atomic E-state index is -1.21. The first kappa shape index (κ1) is 30.0. The Morgan fingerprint density at radius 1 is 0.800 bits per heavy atom. The van der Waals surface area contributed by atoms with E-state index in [1.165, 1.54) is 46.5 Å². The summed E-state index contributed by atoms with van der Waals surface area (Å²) in [6, 6.07) is 11.3. The second-order valence-corrected chi connectivity index (χ2v) is 11.8. The van der Waals surface area contributed by atoms with Gasteiger partial charge in [0, 0.05) is 28.2 Å². The molecule has 0 fully saturated rings. The second-order valence-electron chi connectivity index (χ2n) is 9.41. The molecule has 0 spiro atoms. The highest BCUT2D eigenvalue weighted by atomic mass is 79.9. The lowest BCUT2D eigenvalue weighted by molar-refractivity contribution is 0.302. The van der Waals surface area contributed by atoms with Crippen molar-refractivity contribution in [2.45, 2.75) is 19.4 Å². The maximum atomic E-state index is 13.6. The normalized spacial score (nSPS) is 11.3. The molecular weight excluding hydrogens is 684 g/mol. The van der Waals surface area contributed by atoms with E-state index in [0.717, 1.165) is 11.1 Å². The fourth-order valence-corrected chi connectivity index (χ4v) is 6.22. The summed E-state index contributed by atoms with van der Waals surface area (Å²) in [6.45, 7) is 2.31. The average molecular weight is 710 g/mol. The van der Waals surface area contributed by atoms with Gasteiger partial charge >= 0.3 is 0 Å². The summed E-state index contributed by atoms with van der Waals surface area (Å²) in [4.78, 5) is 27.2. The van der Waals surface area contributed by atoms with Gasteiger partial charge < -0.3 is 14.9 Å². The predicted octanol–water partition coefficient (Wildman–Crippen LogP) is 5.22. The number of ether oxygens (including phenoxy) is 1. The molecule has 0 radical (unpaired) electrons. The van der Waals surface area contributed by atoms with Gasteiger partial charge in [-0.2, -0.15) is 0 Å². The molecule has 2 aromatic carbocycles. The summed E-state index contributed by atoms with van der Waals surface area (Å²) in [5.74, 6) is -1.58. The Morgan fingerprint density at radius 2 is 1.23 bits per heavy atom. The highest BCUT2D eigenvalue weighted by Gasteiger charge is 2.33. The Labute approximate surface area is 256 Å². The lowest BCUT2D eigenvalue weighted by atomic mass is 9.86. The lowest BCUT2D eigenvalue weighted by Crippen LogP contribution is -2.33. The number of rotatable bonds is 6. The molecule has 0 aliphatic carbocycles. The molecule has 0 saturated heterocycles. The SMILES string of the molecule is Cc1ccc(COc2c(Br)cc(C(c3c(O)n(C)c(=S)n(C)c3=O)c3c(O)n(C)c(=S)n(C)c3=O)cc2Br)cc1. The Bertz CT molecular complexity index is 1780. The summed E-state index contributed by atoms with van der Waals surface area (Å²) in [5, 5.41) is 22.4. The number of nitrogens with zero attached hydrogens (tertiary/aromatic N) is 4. The Hall–Kier alpha value is -3.00. The largest absolute Gasteiger partial charge is 0.494 e. The van der Waals surface area contributed by atoms with Crippen molar-refractivity contribution in [2.24, 2.45) is 28.2 Å². The van der Waals surface area contributed by atoms with Crippen LogP contribution >= 0.6 is 56.3 Å². The van der Waals surface area contributed by atoms with Crippen LogP contribution in [0.3, 0.4) is 0 Å². The van der Waals surface area contributed by atoms with Crippen molar-refractivity contribution in [3.63, 3.8) is 0 Å². The van der Waals surface area contributed by atoms with Crippen LogP contribution in [0.15, 0.2) is 54.9 Å². The molecular formula is C27H26Br2N4O5S2. The van der Waals surface area contributed by atoms with E-state index in [1.807, 2.05) is 31.2 Å². The first-order valence-corrected chi connectivity index (χ1v) is 14.3. The van der Waals surface area contributed by atoms with Crippen LogP contribution < -0.4 is 15.9 Å². The second kappa shape index (κ2) is 11.5. The average Bonchev–Trinajstić information content (AvgIpc) is 2.92. The lowest BCUT2D eigenvalue weighted by Gasteiger charge is -2.24. The van der Waals surface area contributed by atoms with E-state index < -0.39 is 28.8 Å². The van der Waals surface area contributed by atoms with Crippen LogP contribution in [0.4, 0.5) is 0 Å². The summed E-state index contributed by atoms with van der Waals surface area (Å²) >= 11 is 17.7. The first-order valence-electron chi connectivity index (χ1n) is 11.9. The van der Waals surface area contributed by atoms with Gasteiger partial charge in [0.25, 0.3) is 11.1 Å². The van der Waals surface area contributed by atoms with Crippen molar-refractivity contribution >= 4 is 56.3 Å². The zero-order valence-electron chi connectivity index (χ0n) is 22.2. The van der Waals surface area contributed by atoms with Crippen LogP contribution in [0, 0.1) is 16.5 Å². The number of hydrogen-bond donors (Lipinski definition) is 2. The molecule has 13 heteroatoms. The van der Waals surface area contributed by atoms with Crippen LogP contribution in [0.1, 0.15) is 33.7 Å². The van der Waals surface area contributed by atoms with Gasteiger partial charge in [0.1, 0.15) is 12.4 Å². The maximum Gasteiger partial charge on any atom is 0.262 e. The van der Waals surface area contributed by atoms with Crippen molar-refractivity contribution < 1.29 is 14.9 Å². The van der Waals surface area contributed by atoms with Gasteiger partial charge in [-0.1, -0.05) is 29.8 Å². The number of halogens is 2. The third-order valence-corrected chi connectivity index (χ3v) is 9.04. The first-order chi connectivity index (χ1) is 18.8. The molecule has 40 heavy (non-hydrogen) atoms. The van der Waals surface area contributed by atoms with Crippen molar-refractivity contribution in [3.05, 3.63) is 103 Å². The zero-order valence-corrected chi connectivity index (χ0v) is 27.0. The molecule has 210 valence electrons. The molecule has 2 N–H and O–H groups in total. The molecule has 0 atom stereocenters. The zero-order chi connectivity index (χ0) is 29.6. The van der Waals surface area contributed by atoms with Gasteiger partial charge in [0.05, 0.1) is 26.0 Å². The van der Waals surface area contributed by atoms with Crippen molar-refractivity contribution in [1.82, 2.24) is 18.3 Å². The molecule has 4 rings (SSSR count). The minimum absolute atomic E-state index is 0.0794. The van der Waals surface area contributed by atoms with Gasteiger partial charge in [-0.15, -0.1) is 0 Å². The number of aromatic nitrogens is 4. The molecule has 4 aromatic rings. The Kier molecular flexibility index (Phi) is 8.60. The Morgan fingerprint density at radius 3 is 1.65 bits per heavy atom. The van der Waals surface area contributed by atoms with Crippen LogP contribution in [0.5, 0.6) is 17.5 Å². The van der Waals surface area contributed by atoms with E-state index >= 15 is 0 Å². The van der Waals surface area contributed by atoms with Crippen LogP contribution in [0.25, 0.3) is 0 Å². The van der Waals surface area contributed by atoms with Crippen LogP contribution in [0.2, 0.25) is 0 Å². The Balaban J connectivity index is 1.99. The van der Waals surface area contributed by atoms with Crippen molar-refractivity contribution in [1.29, 1.82) is 0 Å². The quantitative estimate of drug-likeness (QED) is 0.265. The van der Waals surface area contributed by atoms with E-state index in [-0.39, 0.29) is 20.7 Å². The molecule has 0 aliphatic rings. The smallest absolute Gasteiger partial charge is 0.262 e. The summed E-state index contributed by atoms with van der Waals surface area (Å²) in [7, 11) is 5.97. The molecule has 9 nitrogen and oxygen atoms in total. The van der Waals surface area contributed by atoms with Crippen LogP contribution in [-0.4, -0.2) is 28.5 Å². The number of hydrogen-bond acceptors (Lipinski definition) is 7. The highest BCUT2D eigenvalue weighted by Crippen LogP contribution is 2.42. The minimum Gasteiger partial charge on any atom is -0.494 e. The van der Waals surface area contributed by atoms with Crippen molar-refractivity contribution in [3.8, 4) is 17.5 Å². The number of benzene rings is 2. The van der Waals surface area contributed by atoms with Gasteiger partial charge in [0.15, 0.2) is 9.54 Å². The van der Waals surface area contributed by atoms with E-state index in [2.05, 4.69) is 31.9 Å². The molecule has 0 saturated carbocycles. The van der Waals surface area contributed by atoms with E-state index in [4.69, 9.17) is 29.2 Å². The predicted molar refractivity (Wildman–Crippen MR) is 165 cm³/mol. The van der Waals surface area contributed by atoms with Crippen molar-refractivity contribution in [2.75, 3.05) is 0 Å². The molecule has 0 unspecified atom stereocenters. The van der Waals surface area contributed by atoms with E-state index in [1.54, 1.807) is 12.1 Å². The van der Waals surface area contributed by atoms with Gasteiger partial charge in [0.2, 0.25) is 11.8 Å². The third kappa shape index (κ3) is 5.22. The monoisotopic (exact) mass is 708 g/mol. The highest BCUT2D eigenvalue weighted by molar-refractivity contribution is 9.11. The third-order valence-electron chi connectivity index (χ3n) is 6.77.